The molecule has 0 heterocycles. The van der Waals surface area contributed by atoms with Crippen molar-refractivity contribution in [1.82, 2.24) is 4.31 Å². The average Bonchev–Trinajstić information content (AvgIpc) is 2.67. The standard InChI is InChI=1S/C21H27BrN2O4S/c1-4-12-24(13-5-2)29(26,27)18-9-7-17(8-10-18)23-21(25)15-28-20-11-6-16(3)14-19(20)22/h6-11,14H,4-5,12-13,15H2,1-3H3,(H,23,25). The zero-order chi connectivity index (χ0) is 21.4. The van der Waals surface area contributed by atoms with Gasteiger partial charge in [0.05, 0.1) is 9.37 Å². The molecule has 0 aliphatic heterocycles. The Balaban J connectivity index is 1.99. The summed E-state index contributed by atoms with van der Waals surface area (Å²) >= 11 is 3.41. The first-order chi connectivity index (χ1) is 13.8. The lowest BCUT2D eigenvalue weighted by Crippen LogP contribution is -2.32. The molecule has 0 saturated heterocycles. The van der Waals surface area contributed by atoms with Crippen molar-refractivity contribution in [3.63, 3.8) is 0 Å². The molecule has 0 atom stereocenters. The Kier molecular flexibility index (Phi) is 8.67. The highest BCUT2D eigenvalue weighted by Gasteiger charge is 2.22. The second-order valence-electron chi connectivity index (χ2n) is 6.70. The molecule has 1 amide bonds. The average molecular weight is 483 g/mol. The molecule has 2 aromatic carbocycles. The van der Waals surface area contributed by atoms with Crippen LogP contribution < -0.4 is 10.1 Å². The van der Waals surface area contributed by atoms with E-state index in [4.69, 9.17) is 4.74 Å². The monoisotopic (exact) mass is 482 g/mol. The molecule has 1 N–H and O–H groups in total. The first-order valence-electron chi connectivity index (χ1n) is 9.57. The summed E-state index contributed by atoms with van der Waals surface area (Å²) in [6.45, 7) is 6.69. The maximum Gasteiger partial charge on any atom is 0.262 e. The smallest absolute Gasteiger partial charge is 0.262 e. The Morgan fingerprint density at radius 3 is 2.24 bits per heavy atom. The highest BCUT2D eigenvalue weighted by Crippen LogP contribution is 2.25. The van der Waals surface area contributed by atoms with Crippen LogP contribution in [0.25, 0.3) is 0 Å². The highest BCUT2D eigenvalue weighted by molar-refractivity contribution is 9.10. The van der Waals surface area contributed by atoms with Gasteiger partial charge in [0.25, 0.3) is 5.91 Å². The molecule has 158 valence electrons. The number of halogens is 1. The Labute approximate surface area is 181 Å². The molecule has 8 heteroatoms. The zero-order valence-electron chi connectivity index (χ0n) is 16.9. The van der Waals surface area contributed by atoms with Crippen molar-refractivity contribution in [2.24, 2.45) is 0 Å². The second kappa shape index (κ2) is 10.8. The molecule has 0 unspecified atom stereocenters. The van der Waals surface area contributed by atoms with Crippen LogP contribution in [0.15, 0.2) is 51.8 Å². The van der Waals surface area contributed by atoms with Crippen molar-refractivity contribution in [2.45, 2.75) is 38.5 Å². The predicted molar refractivity (Wildman–Crippen MR) is 119 cm³/mol. The van der Waals surface area contributed by atoms with Crippen molar-refractivity contribution in [3.8, 4) is 5.75 Å². The van der Waals surface area contributed by atoms with Crippen molar-refractivity contribution < 1.29 is 17.9 Å². The van der Waals surface area contributed by atoms with Gasteiger partial charge < -0.3 is 10.1 Å². The fourth-order valence-electron chi connectivity index (χ4n) is 2.77. The summed E-state index contributed by atoms with van der Waals surface area (Å²) in [5.41, 5.74) is 1.60. The maximum atomic E-state index is 12.8. The highest BCUT2D eigenvalue weighted by atomic mass is 79.9. The number of aryl methyl sites for hydroxylation is 1. The second-order valence-corrected chi connectivity index (χ2v) is 9.49. The quantitative estimate of drug-likeness (QED) is 0.537. The van der Waals surface area contributed by atoms with E-state index >= 15 is 0 Å². The van der Waals surface area contributed by atoms with E-state index in [1.165, 1.54) is 16.4 Å². The van der Waals surface area contributed by atoms with E-state index in [-0.39, 0.29) is 17.4 Å². The van der Waals surface area contributed by atoms with Crippen molar-refractivity contribution >= 4 is 37.5 Å². The van der Waals surface area contributed by atoms with E-state index in [9.17, 15) is 13.2 Å². The van der Waals surface area contributed by atoms with Crippen LogP contribution >= 0.6 is 15.9 Å². The lowest BCUT2D eigenvalue weighted by molar-refractivity contribution is -0.118. The number of sulfonamides is 1. The van der Waals surface area contributed by atoms with Crippen molar-refractivity contribution in [3.05, 3.63) is 52.5 Å². The lowest BCUT2D eigenvalue weighted by atomic mass is 10.2. The zero-order valence-corrected chi connectivity index (χ0v) is 19.3. The largest absolute Gasteiger partial charge is 0.483 e. The van der Waals surface area contributed by atoms with Gasteiger partial charge >= 0.3 is 0 Å². The van der Waals surface area contributed by atoms with E-state index < -0.39 is 10.0 Å². The van der Waals surface area contributed by atoms with Gasteiger partial charge in [0.2, 0.25) is 10.0 Å². The van der Waals surface area contributed by atoms with Gasteiger partial charge in [-0.2, -0.15) is 4.31 Å². The SMILES string of the molecule is CCCN(CCC)S(=O)(=O)c1ccc(NC(=O)COc2ccc(C)cc2Br)cc1. The summed E-state index contributed by atoms with van der Waals surface area (Å²) in [4.78, 5) is 12.4. The van der Waals surface area contributed by atoms with Crippen LogP contribution in [-0.2, 0) is 14.8 Å². The third-order valence-electron chi connectivity index (χ3n) is 4.17. The molecular formula is C21H27BrN2O4S. The predicted octanol–water partition coefficient (Wildman–Crippen LogP) is 4.59. The molecule has 0 aliphatic rings. The normalized spacial score (nSPS) is 11.5. The van der Waals surface area contributed by atoms with E-state index in [1.54, 1.807) is 18.2 Å². The Hall–Kier alpha value is -1.90. The molecule has 0 bridgehead atoms. The number of hydrogen-bond donors (Lipinski definition) is 1. The van der Waals surface area contributed by atoms with Crippen LogP contribution in [0, 0.1) is 6.92 Å². The van der Waals surface area contributed by atoms with Crippen LogP contribution in [-0.4, -0.2) is 38.3 Å². The first kappa shape index (κ1) is 23.4. The van der Waals surface area contributed by atoms with Crippen LogP contribution in [0.2, 0.25) is 0 Å². The molecule has 6 nitrogen and oxygen atoms in total. The molecule has 0 saturated carbocycles. The molecule has 2 aromatic rings. The van der Waals surface area contributed by atoms with Crippen molar-refractivity contribution in [2.75, 3.05) is 25.0 Å². The summed E-state index contributed by atoms with van der Waals surface area (Å²) in [5, 5.41) is 2.71. The molecule has 0 radical (unpaired) electrons. The Bertz CT molecular complexity index is 924. The summed E-state index contributed by atoms with van der Waals surface area (Å²) in [6.07, 6.45) is 1.51. The van der Waals surface area contributed by atoms with Crippen LogP contribution in [0.5, 0.6) is 5.75 Å². The van der Waals surface area contributed by atoms with E-state index in [2.05, 4.69) is 21.2 Å². The summed E-state index contributed by atoms with van der Waals surface area (Å²) in [7, 11) is -3.53. The molecular weight excluding hydrogens is 456 g/mol. The van der Waals surface area contributed by atoms with Gasteiger partial charge in [-0.05, 0) is 77.7 Å². The van der Waals surface area contributed by atoms with Gasteiger partial charge in [-0.25, -0.2) is 8.42 Å². The van der Waals surface area contributed by atoms with Gasteiger partial charge in [0, 0.05) is 18.8 Å². The topological polar surface area (TPSA) is 75.7 Å². The van der Waals surface area contributed by atoms with Crippen LogP contribution in [0.4, 0.5) is 5.69 Å². The number of nitrogens with zero attached hydrogens (tertiary/aromatic N) is 1. The maximum absolute atomic E-state index is 12.8. The number of carbonyl (C=O) groups is 1. The summed E-state index contributed by atoms with van der Waals surface area (Å²) in [6, 6.07) is 11.8. The number of nitrogens with one attached hydrogen (secondary N) is 1. The Morgan fingerprint density at radius 2 is 1.69 bits per heavy atom. The fourth-order valence-corrected chi connectivity index (χ4v) is 5.01. The summed E-state index contributed by atoms with van der Waals surface area (Å²) in [5.74, 6) is 0.255. The number of hydrogen-bond acceptors (Lipinski definition) is 4. The number of amides is 1. The van der Waals surface area contributed by atoms with E-state index in [0.29, 0.717) is 24.5 Å². The number of rotatable bonds is 10. The lowest BCUT2D eigenvalue weighted by Gasteiger charge is -2.21. The third kappa shape index (κ3) is 6.55. The third-order valence-corrected chi connectivity index (χ3v) is 6.70. The van der Waals surface area contributed by atoms with Gasteiger partial charge in [-0.1, -0.05) is 19.9 Å². The molecule has 0 aromatic heterocycles. The van der Waals surface area contributed by atoms with E-state index in [1.807, 2.05) is 32.9 Å². The van der Waals surface area contributed by atoms with E-state index in [0.717, 1.165) is 22.9 Å². The van der Waals surface area contributed by atoms with Gasteiger partial charge in [-0.3, -0.25) is 4.79 Å². The minimum atomic E-state index is -3.53. The molecule has 0 aliphatic carbocycles. The molecule has 0 fully saturated rings. The van der Waals surface area contributed by atoms with Crippen LogP contribution in [0.3, 0.4) is 0 Å². The molecule has 0 spiro atoms. The number of anilines is 1. The first-order valence-corrected chi connectivity index (χ1v) is 11.8. The minimum absolute atomic E-state index is 0.150. The van der Waals surface area contributed by atoms with Crippen molar-refractivity contribution in [1.29, 1.82) is 0 Å². The van der Waals surface area contributed by atoms with Gasteiger partial charge in [0.15, 0.2) is 6.61 Å². The Morgan fingerprint density at radius 1 is 1.07 bits per heavy atom. The molecule has 2 rings (SSSR count). The molecule has 29 heavy (non-hydrogen) atoms. The van der Waals surface area contributed by atoms with Crippen LogP contribution in [0.1, 0.15) is 32.3 Å². The number of ether oxygens (including phenoxy) is 1. The fraction of sp³-hybridized carbons (Fsp3) is 0.381. The minimum Gasteiger partial charge on any atom is -0.483 e. The van der Waals surface area contributed by atoms with Gasteiger partial charge in [-0.15, -0.1) is 0 Å². The summed E-state index contributed by atoms with van der Waals surface area (Å²) < 4.78 is 33.4. The number of carbonyl (C=O) groups excluding carboxylic acids is 1. The number of benzene rings is 2. The van der Waals surface area contributed by atoms with Gasteiger partial charge in [0.1, 0.15) is 5.75 Å².